The van der Waals surface area contributed by atoms with E-state index >= 15 is 0 Å². The summed E-state index contributed by atoms with van der Waals surface area (Å²) in [5.41, 5.74) is 12.7. The maximum absolute atomic E-state index is 5.50. The summed E-state index contributed by atoms with van der Waals surface area (Å²) in [6.45, 7) is 0. The molecule has 15 aromatic rings. The molecule has 4 aromatic heterocycles. The minimum absolute atomic E-state index is 0.873. The van der Waals surface area contributed by atoms with Crippen LogP contribution in [0.5, 0.6) is 0 Å². The molecular weight excluding hydrogens is 833 g/mol. The second-order valence-corrected chi connectivity index (χ2v) is 18.7. The summed E-state index contributed by atoms with van der Waals surface area (Å²) in [4.78, 5) is 11.0. The third-order valence-electron chi connectivity index (χ3n) is 14.1. The van der Waals surface area contributed by atoms with Crippen LogP contribution in [0.1, 0.15) is 0 Å². The molecule has 0 saturated heterocycles. The molecule has 0 saturated carbocycles. The van der Waals surface area contributed by atoms with Gasteiger partial charge in [-0.25, -0.2) is 9.97 Å². The fourth-order valence-corrected chi connectivity index (χ4v) is 12.3. The molecular formula is C62H36N4S. The lowest BCUT2D eigenvalue weighted by Crippen LogP contribution is -1.99. The Morgan fingerprint density at radius 1 is 0.299 bits per heavy atom. The van der Waals surface area contributed by atoms with Gasteiger partial charge in [0, 0.05) is 63.6 Å². The summed E-state index contributed by atoms with van der Waals surface area (Å²) in [7, 11) is 0. The van der Waals surface area contributed by atoms with Crippen molar-refractivity contribution in [2.24, 2.45) is 0 Å². The van der Waals surface area contributed by atoms with Crippen LogP contribution in [0.3, 0.4) is 0 Å². The second kappa shape index (κ2) is 13.9. The van der Waals surface area contributed by atoms with E-state index in [1.165, 1.54) is 74.3 Å². The van der Waals surface area contributed by atoms with E-state index in [-0.39, 0.29) is 0 Å². The summed E-state index contributed by atoms with van der Waals surface area (Å²) >= 11 is 1.83. The van der Waals surface area contributed by atoms with E-state index in [2.05, 4.69) is 221 Å². The van der Waals surface area contributed by atoms with Gasteiger partial charge in [0.25, 0.3) is 0 Å². The Hall–Kier alpha value is -8.64. The van der Waals surface area contributed by atoms with Crippen molar-refractivity contribution in [2.45, 2.75) is 0 Å². The first-order chi connectivity index (χ1) is 33.2. The molecule has 0 spiro atoms. The molecule has 15 rings (SSSR count). The Morgan fingerprint density at radius 3 is 1.55 bits per heavy atom. The van der Waals surface area contributed by atoms with Crippen molar-refractivity contribution in [3.63, 3.8) is 0 Å². The SMILES string of the molecule is c1ccc2cc3c(cc2c1)c1ccccc1n3-c1cccc2cc3c4ccccc4n(-c4cccc5c(-c6nc7ccccc7nc6-c6cccc7sc8ccccc8c67)cccc45)c3cc12. The van der Waals surface area contributed by atoms with E-state index < -0.39 is 0 Å². The van der Waals surface area contributed by atoms with Crippen molar-refractivity contribution in [3.8, 4) is 33.9 Å². The monoisotopic (exact) mass is 868 g/mol. The lowest BCUT2D eigenvalue weighted by atomic mass is 9.95. The van der Waals surface area contributed by atoms with Gasteiger partial charge < -0.3 is 9.13 Å². The summed E-state index contributed by atoms with van der Waals surface area (Å²) in [5.74, 6) is 0. The Kier molecular flexibility index (Phi) is 7.63. The summed E-state index contributed by atoms with van der Waals surface area (Å²) in [6, 6.07) is 79.7. The average Bonchev–Trinajstić information content (AvgIpc) is 4.03. The highest BCUT2D eigenvalue weighted by Crippen LogP contribution is 2.45. The molecule has 0 bridgehead atoms. The van der Waals surface area contributed by atoms with Gasteiger partial charge in [-0.1, -0.05) is 146 Å². The smallest absolute Gasteiger partial charge is 0.0980 e. The standard InChI is InChI=1S/C62H36N4S/c1-2-16-38-35-56-48(33-37(38)15-1)42-18-3-9-28-53(42)66(56)55-29-11-17-39-34-49-43-19-4-8-27-52(43)65(57(49)36-47(39)55)54-30-13-21-40-41(54)22-12-23-44(40)61-62(64-51-26-7-6-25-50(51)63-61)46-24-14-32-59-60(46)45-20-5-10-31-58(45)67-59/h1-36H. The molecule has 310 valence electrons. The summed E-state index contributed by atoms with van der Waals surface area (Å²) < 4.78 is 7.47. The summed E-state index contributed by atoms with van der Waals surface area (Å²) in [5, 5.41) is 14.6. The molecule has 0 N–H and O–H groups in total. The van der Waals surface area contributed by atoms with Crippen molar-refractivity contribution in [1.82, 2.24) is 19.1 Å². The van der Waals surface area contributed by atoms with Crippen LogP contribution in [0.2, 0.25) is 0 Å². The number of hydrogen-bond acceptors (Lipinski definition) is 3. The highest BCUT2D eigenvalue weighted by Gasteiger charge is 2.23. The second-order valence-electron chi connectivity index (χ2n) is 17.7. The van der Waals surface area contributed by atoms with Crippen molar-refractivity contribution in [2.75, 3.05) is 0 Å². The minimum atomic E-state index is 0.873. The van der Waals surface area contributed by atoms with Crippen LogP contribution in [-0.4, -0.2) is 19.1 Å². The van der Waals surface area contributed by atoms with Crippen LogP contribution in [0, 0.1) is 0 Å². The quantitative estimate of drug-likeness (QED) is 0.177. The molecule has 0 radical (unpaired) electrons. The number of fused-ring (bicyclic) bond motifs is 13. The Morgan fingerprint density at radius 2 is 0.791 bits per heavy atom. The molecule has 4 nitrogen and oxygen atoms in total. The van der Waals surface area contributed by atoms with Gasteiger partial charge in [0.2, 0.25) is 0 Å². The van der Waals surface area contributed by atoms with Crippen LogP contribution in [0.25, 0.3) is 141 Å². The molecule has 0 amide bonds. The van der Waals surface area contributed by atoms with Crippen molar-refractivity contribution in [1.29, 1.82) is 0 Å². The van der Waals surface area contributed by atoms with Crippen LogP contribution >= 0.6 is 11.3 Å². The molecule has 67 heavy (non-hydrogen) atoms. The third-order valence-corrected chi connectivity index (χ3v) is 15.2. The highest BCUT2D eigenvalue weighted by atomic mass is 32.1. The minimum Gasteiger partial charge on any atom is -0.309 e. The number of para-hydroxylation sites is 4. The predicted molar refractivity (Wildman–Crippen MR) is 284 cm³/mol. The zero-order valence-corrected chi connectivity index (χ0v) is 36.8. The van der Waals surface area contributed by atoms with Gasteiger partial charge in [0.15, 0.2) is 0 Å². The molecule has 0 unspecified atom stereocenters. The number of benzene rings is 11. The zero-order chi connectivity index (χ0) is 43.7. The Labute approximate surface area is 387 Å². The van der Waals surface area contributed by atoms with Crippen molar-refractivity contribution >= 4 is 118 Å². The zero-order valence-electron chi connectivity index (χ0n) is 36.0. The fraction of sp³-hybridized carbons (Fsp3) is 0. The number of thiophene rings is 1. The maximum Gasteiger partial charge on any atom is 0.0980 e. The molecule has 0 atom stereocenters. The first-order valence-corrected chi connectivity index (χ1v) is 23.6. The van der Waals surface area contributed by atoms with Gasteiger partial charge in [-0.05, 0) is 94.3 Å². The molecule has 4 heterocycles. The molecule has 5 heteroatoms. The fourth-order valence-electron chi connectivity index (χ4n) is 11.1. The molecule has 0 aliphatic heterocycles. The van der Waals surface area contributed by atoms with E-state index in [1.807, 2.05) is 17.4 Å². The number of hydrogen-bond donors (Lipinski definition) is 0. The van der Waals surface area contributed by atoms with Gasteiger partial charge in [-0.2, -0.15) is 0 Å². The van der Waals surface area contributed by atoms with Gasteiger partial charge in [-0.15, -0.1) is 11.3 Å². The van der Waals surface area contributed by atoms with E-state index in [9.17, 15) is 0 Å². The van der Waals surface area contributed by atoms with E-state index in [0.717, 1.165) is 66.7 Å². The Balaban J connectivity index is 0.998. The van der Waals surface area contributed by atoms with E-state index in [4.69, 9.17) is 9.97 Å². The normalized spacial score (nSPS) is 12.2. The van der Waals surface area contributed by atoms with Crippen LogP contribution < -0.4 is 0 Å². The molecule has 0 aliphatic rings. The first-order valence-electron chi connectivity index (χ1n) is 22.8. The van der Waals surface area contributed by atoms with E-state index in [0.29, 0.717) is 0 Å². The van der Waals surface area contributed by atoms with Crippen LogP contribution in [0.15, 0.2) is 218 Å². The lowest BCUT2D eigenvalue weighted by Gasteiger charge is -2.17. The number of rotatable bonds is 4. The third kappa shape index (κ3) is 5.29. The van der Waals surface area contributed by atoms with Crippen molar-refractivity contribution < 1.29 is 0 Å². The van der Waals surface area contributed by atoms with Gasteiger partial charge in [0.05, 0.1) is 55.9 Å². The van der Waals surface area contributed by atoms with Crippen LogP contribution in [-0.2, 0) is 0 Å². The van der Waals surface area contributed by atoms with Gasteiger partial charge in [-0.3, -0.25) is 0 Å². The molecule has 0 fully saturated rings. The van der Waals surface area contributed by atoms with E-state index in [1.54, 1.807) is 0 Å². The lowest BCUT2D eigenvalue weighted by molar-refractivity contribution is 1.19. The average molecular weight is 869 g/mol. The van der Waals surface area contributed by atoms with Gasteiger partial charge in [0.1, 0.15) is 0 Å². The molecule has 11 aromatic carbocycles. The topological polar surface area (TPSA) is 35.6 Å². The maximum atomic E-state index is 5.50. The predicted octanol–water partition coefficient (Wildman–Crippen LogP) is 17.0. The number of nitrogens with zero attached hydrogens (tertiary/aromatic N) is 4. The largest absolute Gasteiger partial charge is 0.309 e. The van der Waals surface area contributed by atoms with Crippen molar-refractivity contribution in [3.05, 3.63) is 218 Å². The first kappa shape index (κ1) is 36.7. The summed E-state index contributed by atoms with van der Waals surface area (Å²) in [6.07, 6.45) is 0. The van der Waals surface area contributed by atoms with Crippen LogP contribution in [0.4, 0.5) is 0 Å². The Bertz CT molecular complexity index is 4590. The number of aromatic nitrogens is 4. The molecule has 0 aliphatic carbocycles. The highest BCUT2D eigenvalue weighted by molar-refractivity contribution is 7.25. The van der Waals surface area contributed by atoms with Gasteiger partial charge >= 0.3 is 0 Å².